The molecular weight excluding hydrogens is 428 g/mol. The van der Waals surface area contributed by atoms with E-state index in [-0.39, 0.29) is 17.9 Å². The molecule has 0 saturated carbocycles. The van der Waals surface area contributed by atoms with Gasteiger partial charge in [0.15, 0.2) is 0 Å². The first-order valence-corrected chi connectivity index (χ1v) is 11.3. The fourth-order valence-corrected chi connectivity index (χ4v) is 2.44. The van der Waals surface area contributed by atoms with Crippen molar-refractivity contribution in [3.8, 4) is 0 Å². The molecule has 33 heavy (non-hydrogen) atoms. The zero-order chi connectivity index (χ0) is 26.0. The monoisotopic (exact) mass is 472 g/mol. The van der Waals surface area contributed by atoms with Gasteiger partial charge in [0.05, 0.1) is 0 Å². The van der Waals surface area contributed by atoms with Crippen molar-refractivity contribution < 1.29 is 28.6 Å². The van der Waals surface area contributed by atoms with Gasteiger partial charge in [-0.25, -0.2) is 14.4 Å². The van der Waals surface area contributed by atoms with Gasteiger partial charge in [0, 0.05) is 12.6 Å². The average Bonchev–Trinajstić information content (AvgIpc) is 2.51. The van der Waals surface area contributed by atoms with E-state index in [0.717, 1.165) is 0 Å². The van der Waals surface area contributed by atoms with Crippen molar-refractivity contribution in [2.24, 2.45) is 10.9 Å². The number of ether oxygens (including phenoxy) is 3. The predicted octanol–water partition coefficient (Wildman–Crippen LogP) is 4.72. The van der Waals surface area contributed by atoms with Gasteiger partial charge in [0.2, 0.25) is 5.96 Å². The van der Waals surface area contributed by atoms with Crippen LogP contribution in [0.4, 0.5) is 14.4 Å². The molecule has 0 aliphatic rings. The summed E-state index contributed by atoms with van der Waals surface area (Å²) in [6.07, 6.45) is -0.739. The largest absolute Gasteiger partial charge is 0.444 e. The third-order valence-electron chi connectivity index (χ3n) is 3.69. The van der Waals surface area contributed by atoms with E-state index in [1.54, 1.807) is 41.5 Å². The molecule has 0 heterocycles. The highest BCUT2D eigenvalue weighted by Gasteiger charge is 2.23. The van der Waals surface area contributed by atoms with Gasteiger partial charge in [0.25, 0.3) is 0 Å². The second-order valence-electron chi connectivity index (χ2n) is 11.1. The van der Waals surface area contributed by atoms with Gasteiger partial charge in [-0.1, -0.05) is 13.8 Å². The molecule has 0 fully saturated rings. The van der Waals surface area contributed by atoms with Gasteiger partial charge in [0.1, 0.15) is 16.8 Å². The number of rotatable bonds is 6. The van der Waals surface area contributed by atoms with Gasteiger partial charge >= 0.3 is 18.3 Å². The molecule has 10 heteroatoms. The maximum absolute atomic E-state index is 12.1. The Bertz CT molecular complexity index is 653. The van der Waals surface area contributed by atoms with Crippen LogP contribution in [-0.2, 0) is 14.2 Å². The highest BCUT2D eigenvalue weighted by Crippen LogP contribution is 2.12. The Balaban J connectivity index is 5.08. The number of carbonyl (C=O) groups is 3. The number of guanidine groups is 1. The molecule has 0 aromatic heterocycles. The quantitative estimate of drug-likeness (QED) is 0.222. The summed E-state index contributed by atoms with van der Waals surface area (Å²) in [6, 6.07) is -0.115. The van der Waals surface area contributed by atoms with Gasteiger partial charge in [-0.3, -0.25) is 15.6 Å². The van der Waals surface area contributed by atoms with E-state index in [4.69, 9.17) is 14.2 Å². The van der Waals surface area contributed by atoms with E-state index < -0.39 is 35.1 Å². The summed E-state index contributed by atoms with van der Waals surface area (Å²) in [5, 5.41) is 7.78. The first-order chi connectivity index (χ1) is 14.8. The van der Waals surface area contributed by atoms with Crippen LogP contribution in [0.3, 0.4) is 0 Å². The maximum atomic E-state index is 12.1. The molecule has 0 unspecified atom stereocenters. The topological polar surface area (TPSA) is 127 Å². The first kappa shape index (κ1) is 30.5. The normalized spacial score (nSPS) is 13.0. The highest BCUT2D eigenvalue weighted by atomic mass is 16.6. The van der Waals surface area contributed by atoms with Crippen LogP contribution in [0.25, 0.3) is 0 Å². The SMILES string of the molecule is CC(C)[C@H](CCCN=C(NC(=O)OC(C)(C)C)NC(=O)OC(C)(C)C)NC(=O)OC(C)(C)C. The molecule has 1 atom stereocenters. The summed E-state index contributed by atoms with van der Waals surface area (Å²) in [4.78, 5) is 40.7. The molecule has 0 rings (SSSR count). The number of alkyl carbamates (subject to hydrolysis) is 3. The summed E-state index contributed by atoms with van der Waals surface area (Å²) >= 11 is 0. The predicted molar refractivity (Wildman–Crippen MR) is 128 cm³/mol. The van der Waals surface area contributed by atoms with Crippen molar-refractivity contribution in [3.63, 3.8) is 0 Å². The van der Waals surface area contributed by atoms with Crippen LogP contribution in [0.15, 0.2) is 4.99 Å². The van der Waals surface area contributed by atoms with E-state index in [9.17, 15) is 14.4 Å². The number of nitrogens with zero attached hydrogens (tertiary/aromatic N) is 1. The van der Waals surface area contributed by atoms with Crippen LogP contribution in [0.1, 0.15) is 89.0 Å². The van der Waals surface area contributed by atoms with Gasteiger partial charge in [-0.15, -0.1) is 0 Å². The van der Waals surface area contributed by atoms with Crippen LogP contribution in [-0.4, -0.2) is 53.6 Å². The van der Waals surface area contributed by atoms with Gasteiger partial charge in [-0.05, 0) is 81.1 Å². The molecule has 0 saturated heterocycles. The van der Waals surface area contributed by atoms with Crippen molar-refractivity contribution in [3.05, 3.63) is 0 Å². The number of nitrogens with one attached hydrogen (secondary N) is 3. The smallest absolute Gasteiger partial charge is 0.414 e. The lowest BCUT2D eigenvalue weighted by Gasteiger charge is -2.25. The zero-order valence-corrected chi connectivity index (χ0v) is 22.2. The van der Waals surface area contributed by atoms with Crippen LogP contribution in [0, 0.1) is 5.92 Å². The number of carbonyl (C=O) groups excluding carboxylic acids is 3. The summed E-state index contributed by atoms with van der Waals surface area (Å²) in [7, 11) is 0. The molecule has 0 bridgehead atoms. The fraction of sp³-hybridized carbons (Fsp3) is 0.826. The minimum Gasteiger partial charge on any atom is -0.444 e. The fourth-order valence-electron chi connectivity index (χ4n) is 2.44. The van der Waals surface area contributed by atoms with E-state index >= 15 is 0 Å². The minimum atomic E-state index is -0.746. The van der Waals surface area contributed by atoms with Crippen molar-refractivity contribution in [2.75, 3.05) is 6.54 Å². The Morgan fingerprint density at radius 2 is 1.12 bits per heavy atom. The molecule has 0 spiro atoms. The Morgan fingerprint density at radius 1 is 0.727 bits per heavy atom. The Morgan fingerprint density at radius 3 is 1.48 bits per heavy atom. The number of amides is 3. The summed E-state index contributed by atoms with van der Waals surface area (Å²) < 4.78 is 15.8. The molecular formula is C23H44N4O6. The molecule has 0 aliphatic heterocycles. The second kappa shape index (κ2) is 12.6. The summed E-state index contributed by atoms with van der Waals surface area (Å²) in [6.45, 7) is 20.1. The molecule has 3 N–H and O–H groups in total. The van der Waals surface area contributed by atoms with E-state index in [0.29, 0.717) is 19.4 Å². The van der Waals surface area contributed by atoms with Crippen molar-refractivity contribution >= 4 is 24.2 Å². The molecule has 10 nitrogen and oxygen atoms in total. The number of hydrogen-bond acceptors (Lipinski definition) is 7. The molecule has 3 amide bonds. The Kier molecular flexibility index (Phi) is 11.7. The van der Waals surface area contributed by atoms with Crippen molar-refractivity contribution in [1.82, 2.24) is 16.0 Å². The standard InChI is InChI=1S/C23H44N4O6/c1-15(2)16(25-18(28)31-21(3,4)5)13-12-14-24-17(26-19(29)32-22(6,7)8)27-20(30)33-23(9,10)11/h15-16H,12-14H2,1-11H3,(H,25,28)(H2,24,26,27,29,30)/t16-/m0/s1. The molecule has 0 aliphatic carbocycles. The lowest BCUT2D eigenvalue weighted by Crippen LogP contribution is -2.47. The van der Waals surface area contributed by atoms with Crippen LogP contribution >= 0.6 is 0 Å². The van der Waals surface area contributed by atoms with Crippen LogP contribution in [0.5, 0.6) is 0 Å². The minimum absolute atomic E-state index is 0.0697. The van der Waals surface area contributed by atoms with Gasteiger partial charge < -0.3 is 19.5 Å². The molecule has 0 aromatic rings. The third kappa shape index (κ3) is 17.7. The van der Waals surface area contributed by atoms with E-state index in [2.05, 4.69) is 20.9 Å². The highest BCUT2D eigenvalue weighted by molar-refractivity contribution is 6.01. The zero-order valence-electron chi connectivity index (χ0n) is 22.2. The molecule has 192 valence electrons. The van der Waals surface area contributed by atoms with Crippen molar-refractivity contribution in [1.29, 1.82) is 0 Å². The number of aliphatic imine (C=N–C) groups is 1. The molecule has 0 radical (unpaired) electrons. The van der Waals surface area contributed by atoms with E-state index in [1.165, 1.54) is 0 Å². The number of hydrogen-bond donors (Lipinski definition) is 3. The lowest BCUT2D eigenvalue weighted by atomic mass is 9.99. The first-order valence-electron chi connectivity index (χ1n) is 11.3. The second-order valence-corrected chi connectivity index (χ2v) is 11.1. The Hall–Kier alpha value is -2.52. The lowest BCUT2D eigenvalue weighted by molar-refractivity contribution is 0.0481. The van der Waals surface area contributed by atoms with Crippen LogP contribution in [0.2, 0.25) is 0 Å². The third-order valence-corrected chi connectivity index (χ3v) is 3.69. The van der Waals surface area contributed by atoms with Crippen LogP contribution < -0.4 is 16.0 Å². The van der Waals surface area contributed by atoms with Crippen molar-refractivity contribution in [2.45, 2.75) is 112 Å². The summed E-state index contributed by atoms with van der Waals surface area (Å²) in [5.41, 5.74) is -2.00. The molecule has 0 aromatic carbocycles. The van der Waals surface area contributed by atoms with E-state index in [1.807, 2.05) is 34.6 Å². The Labute approximate surface area is 198 Å². The maximum Gasteiger partial charge on any atom is 0.414 e. The summed E-state index contributed by atoms with van der Waals surface area (Å²) in [5.74, 6) is 0.112. The average molecular weight is 473 g/mol. The van der Waals surface area contributed by atoms with Gasteiger partial charge in [-0.2, -0.15) is 0 Å².